The summed E-state index contributed by atoms with van der Waals surface area (Å²) in [6, 6.07) is 21.5. The van der Waals surface area contributed by atoms with E-state index in [1.54, 1.807) is 49.7 Å². The van der Waals surface area contributed by atoms with Gasteiger partial charge in [-0.1, -0.05) is 48.0 Å². The molecule has 7 nitrogen and oxygen atoms in total. The number of carbonyl (C=O) groups is 1. The molecule has 0 unspecified atom stereocenters. The number of carbonyl (C=O) groups excluding carboxylic acids is 1. The lowest BCUT2D eigenvalue weighted by Gasteiger charge is -2.08. The van der Waals surface area contributed by atoms with Crippen LogP contribution in [0.15, 0.2) is 83.9 Å². The zero-order chi connectivity index (χ0) is 24.6. The molecular weight excluding hydrogens is 464 g/mol. The molecule has 2 atom stereocenters. The van der Waals surface area contributed by atoms with Crippen LogP contribution in [0.25, 0.3) is 10.9 Å². The van der Waals surface area contributed by atoms with Crippen LogP contribution in [0.1, 0.15) is 29.0 Å². The van der Waals surface area contributed by atoms with Crippen molar-refractivity contribution in [3.8, 4) is 5.75 Å². The molecule has 35 heavy (non-hydrogen) atoms. The molecule has 1 aliphatic rings. The second-order valence-corrected chi connectivity index (χ2v) is 10.6. The molecule has 1 N–H and O–H groups in total. The normalized spacial score (nSPS) is 17.2. The smallest absolute Gasteiger partial charge is 0.407 e. The molecule has 0 radical (unpaired) electrons. The molecule has 8 heteroatoms. The molecule has 1 aliphatic carbocycles. The number of aryl methyl sites for hydroxylation is 1. The summed E-state index contributed by atoms with van der Waals surface area (Å²) in [6.45, 7) is 2.10. The van der Waals surface area contributed by atoms with Crippen LogP contribution in [0.2, 0.25) is 0 Å². The van der Waals surface area contributed by atoms with Crippen LogP contribution < -0.4 is 10.1 Å². The number of alkyl carbamates (subject to hydrolysis) is 1. The van der Waals surface area contributed by atoms with E-state index in [1.165, 1.54) is 3.97 Å². The van der Waals surface area contributed by atoms with E-state index in [4.69, 9.17) is 9.47 Å². The van der Waals surface area contributed by atoms with Crippen molar-refractivity contribution < 1.29 is 22.7 Å². The number of nitrogens with zero attached hydrogens (tertiary/aromatic N) is 1. The summed E-state index contributed by atoms with van der Waals surface area (Å²) in [5.74, 6) is 0.611. The van der Waals surface area contributed by atoms with Crippen LogP contribution in [-0.2, 0) is 21.4 Å². The summed E-state index contributed by atoms with van der Waals surface area (Å²) in [5.41, 5.74) is 3.31. The Hall–Kier alpha value is -3.78. The Balaban J connectivity index is 1.40. The minimum atomic E-state index is -3.80. The third-order valence-electron chi connectivity index (χ3n) is 6.29. The molecule has 0 bridgehead atoms. The SMILES string of the molecule is COc1ccc2c(c1)c([C@@H]1C[C@H]1NC(=O)OCc1ccccc1)cn2S(=O)(=O)c1ccc(C)cc1. The first-order valence-electron chi connectivity index (χ1n) is 11.4. The van der Waals surface area contributed by atoms with Gasteiger partial charge in [-0.15, -0.1) is 0 Å². The topological polar surface area (TPSA) is 86.6 Å². The van der Waals surface area contributed by atoms with Crippen LogP contribution in [0.4, 0.5) is 4.79 Å². The van der Waals surface area contributed by atoms with Gasteiger partial charge < -0.3 is 14.8 Å². The van der Waals surface area contributed by atoms with Gasteiger partial charge in [-0.05, 0) is 54.8 Å². The van der Waals surface area contributed by atoms with Crippen molar-refractivity contribution in [1.82, 2.24) is 9.29 Å². The molecule has 0 aliphatic heterocycles. The van der Waals surface area contributed by atoms with Gasteiger partial charge in [0.15, 0.2) is 0 Å². The lowest BCUT2D eigenvalue weighted by Crippen LogP contribution is -2.27. The molecule has 1 fully saturated rings. The number of hydrogen-bond acceptors (Lipinski definition) is 5. The average molecular weight is 491 g/mol. The van der Waals surface area contributed by atoms with E-state index in [2.05, 4.69) is 5.32 Å². The standard InChI is InChI=1S/C27H26N2O5S/c1-18-8-11-21(12-9-18)35(31,32)29-16-24(23-14-20(33-2)10-13-26(23)29)22-15-25(22)28-27(30)34-17-19-6-4-3-5-7-19/h3-14,16,22,25H,15,17H2,1-2H3,(H,28,30)/t22-,25+/m0/s1. The second kappa shape index (κ2) is 9.11. The highest BCUT2D eigenvalue weighted by atomic mass is 32.2. The quantitative estimate of drug-likeness (QED) is 0.395. The molecule has 1 amide bonds. The Labute approximate surface area is 204 Å². The molecule has 180 valence electrons. The fourth-order valence-corrected chi connectivity index (χ4v) is 5.64. The minimum Gasteiger partial charge on any atom is -0.497 e. The maximum Gasteiger partial charge on any atom is 0.407 e. The lowest BCUT2D eigenvalue weighted by molar-refractivity contribution is 0.139. The van der Waals surface area contributed by atoms with E-state index in [-0.39, 0.29) is 23.5 Å². The fraction of sp³-hybridized carbons (Fsp3) is 0.222. The van der Waals surface area contributed by atoms with Gasteiger partial charge in [0.25, 0.3) is 10.0 Å². The third-order valence-corrected chi connectivity index (χ3v) is 7.98. The molecule has 0 spiro atoms. The zero-order valence-corrected chi connectivity index (χ0v) is 20.3. The highest BCUT2D eigenvalue weighted by Crippen LogP contribution is 2.45. The molecule has 1 aromatic heterocycles. The average Bonchev–Trinajstić information content (AvgIpc) is 3.51. The largest absolute Gasteiger partial charge is 0.497 e. The Morgan fingerprint density at radius 2 is 1.80 bits per heavy atom. The summed E-state index contributed by atoms with van der Waals surface area (Å²) in [4.78, 5) is 12.5. The van der Waals surface area contributed by atoms with E-state index in [0.29, 0.717) is 17.7 Å². The second-order valence-electron chi connectivity index (χ2n) is 8.74. The number of methoxy groups -OCH3 is 1. The van der Waals surface area contributed by atoms with Crippen LogP contribution >= 0.6 is 0 Å². The summed E-state index contributed by atoms with van der Waals surface area (Å²) < 4.78 is 39.0. The Morgan fingerprint density at radius 1 is 1.06 bits per heavy atom. The van der Waals surface area contributed by atoms with Crippen LogP contribution in [0, 0.1) is 6.92 Å². The fourth-order valence-electron chi connectivity index (χ4n) is 4.26. The van der Waals surface area contributed by atoms with Gasteiger partial charge in [0.05, 0.1) is 17.5 Å². The molecule has 1 saturated carbocycles. The maximum absolute atomic E-state index is 13.5. The molecule has 5 rings (SSSR count). The summed E-state index contributed by atoms with van der Waals surface area (Å²) in [7, 11) is -2.23. The number of benzene rings is 3. The Kier molecular flexibility index (Phi) is 5.98. The van der Waals surface area contributed by atoms with Crippen molar-refractivity contribution in [3.63, 3.8) is 0 Å². The number of aromatic nitrogens is 1. The lowest BCUT2D eigenvalue weighted by atomic mass is 10.1. The summed E-state index contributed by atoms with van der Waals surface area (Å²) in [5, 5.41) is 3.69. The van der Waals surface area contributed by atoms with Crippen molar-refractivity contribution in [2.24, 2.45) is 0 Å². The van der Waals surface area contributed by atoms with Gasteiger partial charge in [0.1, 0.15) is 12.4 Å². The van der Waals surface area contributed by atoms with Gasteiger partial charge in [0.2, 0.25) is 0 Å². The molecular formula is C27H26N2O5S. The predicted molar refractivity (Wildman–Crippen MR) is 133 cm³/mol. The predicted octanol–water partition coefficient (Wildman–Crippen LogP) is 4.98. The van der Waals surface area contributed by atoms with Crippen LogP contribution in [0.5, 0.6) is 5.75 Å². The highest BCUT2D eigenvalue weighted by Gasteiger charge is 2.42. The molecule has 1 heterocycles. The van der Waals surface area contributed by atoms with Crippen molar-refractivity contribution in [2.45, 2.75) is 36.8 Å². The first kappa shape index (κ1) is 23.0. The number of fused-ring (bicyclic) bond motifs is 1. The van der Waals surface area contributed by atoms with E-state index in [9.17, 15) is 13.2 Å². The van der Waals surface area contributed by atoms with Gasteiger partial charge >= 0.3 is 6.09 Å². The first-order chi connectivity index (χ1) is 16.9. The molecule has 3 aromatic carbocycles. The van der Waals surface area contributed by atoms with E-state index >= 15 is 0 Å². The van der Waals surface area contributed by atoms with Gasteiger partial charge in [-0.3, -0.25) is 0 Å². The van der Waals surface area contributed by atoms with E-state index < -0.39 is 16.1 Å². The number of amides is 1. The molecule has 0 saturated heterocycles. The minimum absolute atomic E-state index is 0.0247. The first-order valence-corrected chi connectivity index (χ1v) is 12.8. The maximum atomic E-state index is 13.5. The highest BCUT2D eigenvalue weighted by molar-refractivity contribution is 7.90. The van der Waals surface area contributed by atoms with E-state index in [1.807, 2.05) is 43.3 Å². The Bertz CT molecular complexity index is 1480. The molecule has 4 aromatic rings. The Morgan fingerprint density at radius 3 is 2.51 bits per heavy atom. The van der Waals surface area contributed by atoms with Crippen molar-refractivity contribution >= 4 is 27.0 Å². The number of nitrogens with one attached hydrogen (secondary N) is 1. The summed E-state index contributed by atoms with van der Waals surface area (Å²) >= 11 is 0. The number of rotatable bonds is 7. The van der Waals surface area contributed by atoms with Gasteiger partial charge in [0, 0.05) is 23.5 Å². The summed E-state index contributed by atoms with van der Waals surface area (Å²) in [6.07, 6.45) is 1.87. The van der Waals surface area contributed by atoms with Crippen molar-refractivity contribution in [1.29, 1.82) is 0 Å². The van der Waals surface area contributed by atoms with Gasteiger partial charge in [-0.25, -0.2) is 17.2 Å². The van der Waals surface area contributed by atoms with Crippen molar-refractivity contribution in [2.75, 3.05) is 7.11 Å². The van der Waals surface area contributed by atoms with Gasteiger partial charge in [-0.2, -0.15) is 0 Å². The number of hydrogen-bond donors (Lipinski definition) is 1. The zero-order valence-electron chi connectivity index (χ0n) is 19.5. The monoisotopic (exact) mass is 490 g/mol. The van der Waals surface area contributed by atoms with Crippen molar-refractivity contribution in [3.05, 3.63) is 95.7 Å². The third kappa shape index (κ3) is 4.61. The van der Waals surface area contributed by atoms with Crippen LogP contribution in [0.3, 0.4) is 0 Å². The number of ether oxygens (including phenoxy) is 2. The van der Waals surface area contributed by atoms with Crippen LogP contribution in [-0.4, -0.2) is 31.6 Å². The van der Waals surface area contributed by atoms with E-state index in [0.717, 1.165) is 22.1 Å².